The Labute approximate surface area is 83.0 Å². The molecule has 0 aromatic rings. The molecule has 1 unspecified atom stereocenters. The Bertz CT molecular complexity index is 66.5. The molecular formula is C11H26O2. The summed E-state index contributed by atoms with van der Waals surface area (Å²) in [6.45, 7) is 5.90. The molecule has 13 heavy (non-hydrogen) atoms. The van der Waals surface area contributed by atoms with Gasteiger partial charge in [0.05, 0.1) is 12.7 Å². The number of hydrogen-bond donors (Lipinski definition) is 2. The van der Waals surface area contributed by atoms with E-state index in [0.717, 1.165) is 0 Å². The van der Waals surface area contributed by atoms with Crippen LogP contribution < -0.4 is 0 Å². The zero-order chi connectivity index (χ0) is 10.5. The van der Waals surface area contributed by atoms with Gasteiger partial charge in [-0.3, -0.25) is 0 Å². The Hall–Kier alpha value is -0.0800. The van der Waals surface area contributed by atoms with E-state index < -0.39 is 6.10 Å². The van der Waals surface area contributed by atoms with Gasteiger partial charge in [-0.15, -0.1) is 0 Å². The molecule has 1 atom stereocenters. The van der Waals surface area contributed by atoms with E-state index in [1.54, 1.807) is 0 Å². The first kappa shape index (κ1) is 15.4. The number of aliphatic hydroxyl groups is 2. The van der Waals surface area contributed by atoms with E-state index in [-0.39, 0.29) is 6.61 Å². The van der Waals surface area contributed by atoms with Gasteiger partial charge in [-0.25, -0.2) is 0 Å². The van der Waals surface area contributed by atoms with E-state index in [1.165, 1.54) is 45.4 Å². The van der Waals surface area contributed by atoms with Crippen molar-refractivity contribution in [2.24, 2.45) is 0 Å². The second kappa shape index (κ2) is 14.4. The van der Waals surface area contributed by atoms with Crippen molar-refractivity contribution in [3.8, 4) is 0 Å². The van der Waals surface area contributed by atoms with E-state index in [4.69, 9.17) is 10.2 Å². The third-order valence-corrected chi connectivity index (χ3v) is 1.72. The lowest BCUT2D eigenvalue weighted by molar-refractivity contribution is 0.110. The van der Waals surface area contributed by atoms with Crippen LogP contribution in [0.3, 0.4) is 0 Å². The lowest BCUT2D eigenvalue weighted by atomic mass is 10.1. The number of aliphatic hydroxyl groups excluding tert-OH is 2. The van der Waals surface area contributed by atoms with Gasteiger partial charge in [0.15, 0.2) is 0 Å². The van der Waals surface area contributed by atoms with E-state index in [0.29, 0.717) is 0 Å². The van der Waals surface area contributed by atoms with Crippen molar-refractivity contribution in [1.29, 1.82) is 0 Å². The van der Waals surface area contributed by atoms with Gasteiger partial charge < -0.3 is 10.2 Å². The standard InChI is InChI=1S/C8H18.C3H8O2/c1-3-5-7-8-6-4-2;1-3(5)2-4/h3-8H2,1-2H3;3-5H,2H2,1H3. The molecule has 0 bridgehead atoms. The molecule has 0 aliphatic heterocycles. The highest BCUT2D eigenvalue weighted by atomic mass is 16.3. The van der Waals surface area contributed by atoms with Gasteiger partial charge in [0.1, 0.15) is 0 Å². The largest absolute Gasteiger partial charge is 0.394 e. The summed E-state index contributed by atoms with van der Waals surface area (Å²) in [6, 6.07) is 0. The molecule has 0 fully saturated rings. The maximum atomic E-state index is 8.11. The Kier molecular flexibility index (Phi) is 17.1. The van der Waals surface area contributed by atoms with Crippen LogP contribution in [0.5, 0.6) is 0 Å². The molecule has 0 aromatic carbocycles. The van der Waals surface area contributed by atoms with E-state index in [1.807, 2.05) is 0 Å². The fourth-order valence-corrected chi connectivity index (χ4v) is 0.854. The highest BCUT2D eigenvalue weighted by Crippen LogP contribution is 2.03. The lowest BCUT2D eigenvalue weighted by Crippen LogP contribution is -2.03. The van der Waals surface area contributed by atoms with Crippen molar-refractivity contribution in [3.63, 3.8) is 0 Å². The van der Waals surface area contributed by atoms with Crippen molar-refractivity contribution < 1.29 is 10.2 Å². The molecule has 0 amide bonds. The van der Waals surface area contributed by atoms with Crippen LogP contribution in [0, 0.1) is 0 Å². The minimum absolute atomic E-state index is 0.139. The third kappa shape index (κ3) is 24.5. The predicted molar refractivity (Wildman–Crippen MR) is 57.8 cm³/mol. The average molecular weight is 190 g/mol. The number of hydrogen-bond acceptors (Lipinski definition) is 2. The van der Waals surface area contributed by atoms with Crippen molar-refractivity contribution in [1.82, 2.24) is 0 Å². The van der Waals surface area contributed by atoms with Crippen molar-refractivity contribution in [2.75, 3.05) is 6.61 Å². The van der Waals surface area contributed by atoms with E-state index in [2.05, 4.69) is 13.8 Å². The molecule has 2 nitrogen and oxygen atoms in total. The predicted octanol–water partition coefficient (Wildman–Crippen LogP) is 2.73. The summed E-state index contributed by atoms with van der Waals surface area (Å²) < 4.78 is 0. The van der Waals surface area contributed by atoms with Gasteiger partial charge in [-0.2, -0.15) is 0 Å². The van der Waals surface area contributed by atoms with Crippen LogP contribution in [0.2, 0.25) is 0 Å². The molecule has 0 heterocycles. The SMILES string of the molecule is CC(O)CO.CCCCCCCC. The molecule has 0 saturated carbocycles. The molecular weight excluding hydrogens is 164 g/mol. The summed E-state index contributed by atoms with van der Waals surface area (Å²) >= 11 is 0. The Morgan fingerprint density at radius 1 is 0.923 bits per heavy atom. The summed E-state index contributed by atoms with van der Waals surface area (Å²) in [6.07, 6.45) is 7.93. The van der Waals surface area contributed by atoms with Gasteiger partial charge in [0.2, 0.25) is 0 Å². The molecule has 0 aliphatic rings. The van der Waals surface area contributed by atoms with E-state index >= 15 is 0 Å². The smallest absolute Gasteiger partial charge is 0.0742 e. The number of unbranched alkanes of at least 4 members (excludes halogenated alkanes) is 5. The first-order chi connectivity index (χ1) is 6.18. The normalized spacial score (nSPS) is 11.8. The van der Waals surface area contributed by atoms with Crippen molar-refractivity contribution >= 4 is 0 Å². The minimum Gasteiger partial charge on any atom is -0.394 e. The second-order valence-corrected chi connectivity index (χ2v) is 3.45. The fraction of sp³-hybridized carbons (Fsp3) is 1.00. The molecule has 0 saturated heterocycles. The minimum atomic E-state index is -0.560. The second-order valence-electron chi connectivity index (χ2n) is 3.45. The molecule has 82 valence electrons. The zero-order valence-corrected chi connectivity index (χ0v) is 9.42. The Morgan fingerprint density at radius 3 is 1.38 bits per heavy atom. The molecule has 2 heteroatoms. The Balaban J connectivity index is 0. The van der Waals surface area contributed by atoms with Crippen LogP contribution in [0.1, 0.15) is 59.3 Å². The highest BCUT2D eigenvalue weighted by molar-refractivity contribution is 4.39. The van der Waals surface area contributed by atoms with Crippen LogP contribution in [-0.4, -0.2) is 22.9 Å². The van der Waals surface area contributed by atoms with Crippen LogP contribution >= 0.6 is 0 Å². The van der Waals surface area contributed by atoms with Crippen molar-refractivity contribution in [2.45, 2.75) is 65.4 Å². The van der Waals surface area contributed by atoms with Gasteiger partial charge in [-0.1, -0.05) is 52.4 Å². The maximum absolute atomic E-state index is 8.11. The summed E-state index contributed by atoms with van der Waals surface area (Å²) in [7, 11) is 0. The Morgan fingerprint density at radius 2 is 1.23 bits per heavy atom. The molecule has 0 aromatic heterocycles. The van der Waals surface area contributed by atoms with Crippen LogP contribution in [0.25, 0.3) is 0 Å². The number of rotatable bonds is 6. The third-order valence-electron chi connectivity index (χ3n) is 1.72. The summed E-state index contributed by atoms with van der Waals surface area (Å²) in [5.74, 6) is 0. The molecule has 2 N–H and O–H groups in total. The summed E-state index contributed by atoms with van der Waals surface area (Å²) in [5, 5.41) is 16.0. The van der Waals surface area contributed by atoms with Gasteiger partial charge in [0, 0.05) is 0 Å². The van der Waals surface area contributed by atoms with Gasteiger partial charge in [-0.05, 0) is 6.92 Å². The van der Waals surface area contributed by atoms with Gasteiger partial charge >= 0.3 is 0 Å². The van der Waals surface area contributed by atoms with Crippen molar-refractivity contribution in [3.05, 3.63) is 0 Å². The maximum Gasteiger partial charge on any atom is 0.0742 e. The fourth-order valence-electron chi connectivity index (χ4n) is 0.854. The molecule has 0 spiro atoms. The van der Waals surface area contributed by atoms with Gasteiger partial charge in [0.25, 0.3) is 0 Å². The van der Waals surface area contributed by atoms with E-state index in [9.17, 15) is 0 Å². The topological polar surface area (TPSA) is 40.5 Å². The summed E-state index contributed by atoms with van der Waals surface area (Å²) in [5.41, 5.74) is 0. The first-order valence-electron chi connectivity index (χ1n) is 5.47. The zero-order valence-electron chi connectivity index (χ0n) is 9.42. The average Bonchev–Trinajstić information content (AvgIpc) is 2.14. The molecule has 0 radical (unpaired) electrons. The monoisotopic (exact) mass is 190 g/mol. The molecule has 0 rings (SSSR count). The molecule has 0 aliphatic carbocycles. The highest BCUT2D eigenvalue weighted by Gasteiger charge is 1.83. The van der Waals surface area contributed by atoms with Crippen LogP contribution in [0.4, 0.5) is 0 Å². The summed E-state index contributed by atoms with van der Waals surface area (Å²) in [4.78, 5) is 0. The first-order valence-corrected chi connectivity index (χ1v) is 5.47. The lowest BCUT2D eigenvalue weighted by Gasteiger charge is -1.93. The van der Waals surface area contributed by atoms with Crippen LogP contribution in [0.15, 0.2) is 0 Å². The van der Waals surface area contributed by atoms with Crippen LogP contribution in [-0.2, 0) is 0 Å². The quantitative estimate of drug-likeness (QED) is 0.632.